The maximum absolute atomic E-state index is 4.85. The summed E-state index contributed by atoms with van der Waals surface area (Å²) in [5.41, 5.74) is 4.85. The van der Waals surface area contributed by atoms with Gasteiger partial charge in [-0.25, -0.2) is 0 Å². The molecule has 3 nitrogen and oxygen atoms in total. The van der Waals surface area contributed by atoms with Crippen LogP contribution in [0.25, 0.3) is 0 Å². The van der Waals surface area contributed by atoms with Crippen LogP contribution in [0.15, 0.2) is 4.99 Å². The Kier molecular flexibility index (Phi) is 20.0. The first-order chi connectivity index (χ1) is 11.8. The monoisotopic (exact) mass is 339 g/mol. The van der Waals surface area contributed by atoms with Gasteiger partial charge in [0.15, 0.2) is 0 Å². The van der Waals surface area contributed by atoms with Gasteiger partial charge in [-0.2, -0.15) is 0 Å². The van der Waals surface area contributed by atoms with Crippen LogP contribution in [0.5, 0.6) is 0 Å². The topological polar surface area (TPSA) is 50.4 Å². The zero-order valence-corrected chi connectivity index (χ0v) is 16.8. The van der Waals surface area contributed by atoms with Crippen molar-refractivity contribution in [2.75, 3.05) is 19.6 Å². The molecule has 0 saturated heterocycles. The van der Waals surface area contributed by atoms with Crippen molar-refractivity contribution >= 4 is 5.84 Å². The number of nitrogens with one attached hydrogen (secondary N) is 1. The van der Waals surface area contributed by atoms with Gasteiger partial charge < -0.3 is 11.1 Å². The van der Waals surface area contributed by atoms with Crippen molar-refractivity contribution in [3.63, 3.8) is 0 Å². The minimum Gasteiger partial charge on any atom is -0.372 e. The summed E-state index contributed by atoms with van der Waals surface area (Å²) in [5.74, 6) is 1.26. The maximum Gasteiger partial charge on any atom is 0.0964 e. The van der Waals surface area contributed by atoms with Gasteiger partial charge in [0, 0.05) is 13.0 Å². The third-order valence-corrected chi connectivity index (χ3v) is 4.51. The fourth-order valence-electron chi connectivity index (χ4n) is 3.10. The van der Waals surface area contributed by atoms with Gasteiger partial charge in [0.1, 0.15) is 0 Å². The van der Waals surface area contributed by atoms with E-state index in [0.717, 1.165) is 19.6 Å². The molecule has 3 N–H and O–H groups in total. The van der Waals surface area contributed by atoms with Gasteiger partial charge in [0.25, 0.3) is 0 Å². The van der Waals surface area contributed by atoms with E-state index in [0.29, 0.717) is 0 Å². The standard InChI is InChI=1S/C19H38N2.C2H7N/c1-2-3-4-5-6-7-8-9-10-11-12-13-14-15-16-19-20-17-18-21-19;1-2-3/h2-18H2,1H3,(H,20,21);2-3H2,1H3. The van der Waals surface area contributed by atoms with Gasteiger partial charge in [-0.3, -0.25) is 4.99 Å². The molecule has 1 heterocycles. The molecule has 0 aliphatic carbocycles. The smallest absolute Gasteiger partial charge is 0.0964 e. The van der Waals surface area contributed by atoms with E-state index in [1.165, 1.54) is 102 Å². The highest BCUT2D eigenvalue weighted by atomic mass is 15.1. The van der Waals surface area contributed by atoms with E-state index < -0.39 is 0 Å². The summed E-state index contributed by atoms with van der Waals surface area (Å²) in [6.45, 7) is 7.00. The maximum atomic E-state index is 4.85. The zero-order valence-electron chi connectivity index (χ0n) is 16.8. The summed E-state index contributed by atoms with van der Waals surface area (Å²) in [5, 5.41) is 3.35. The second-order valence-electron chi connectivity index (χ2n) is 7.01. The minimum atomic E-state index is 0.750. The number of rotatable bonds is 15. The number of amidine groups is 1. The SMILES string of the molecule is CCCCCCCCCCCCCCCCC1=NCCN1.CCN. The lowest BCUT2D eigenvalue weighted by Gasteiger charge is -2.04. The number of unbranched alkanes of at least 4 members (excludes halogenated alkanes) is 13. The molecule has 0 aromatic rings. The molecule has 1 aliphatic rings. The van der Waals surface area contributed by atoms with Crippen molar-refractivity contribution in [2.24, 2.45) is 10.7 Å². The van der Waals surface area contributed by atoms with Crippen LogP contribution < -0.4 is 11.1 Å². The lowest BCUT2D eigenvalue weighted by molar-refractivity contribution is 0.536. The van der Waals surface area contributed by atoms with E-state index in [9.17, 15) is 0 Å². The molecule has 0 aromatic heterocycles. The first-order valence-corrected chi connectivity index (χ1v) is 10.8. The van der Waals surface area contributed by atoms with Gasteiger partial charge in [-0.1, -0.05) is 97.3 Å². The molecule has 0 saturated carbocycles. The van der Waals surface area contributed by atoms with E-state index in [1.807, 2.05) is 6.92 Å². The molecule has 144 valence electrons. The quantitative estimate of drug-likeness (QED) is 0.369. The lowest BCUT2D eigenvalue weighted by Crippen LogP contribution is -2.17. The van der Waals surface area contributed by atoms with Gasteiger partial charge in [0.2, 0.25) is 0 Å². The van der Waals surface area contributed by atoms with Crippen LogP contribution in [0, 0.1) is 0 Å². The predicted molar refractivity (Wildman–Crippen MR) is 110 cm³/mol. The number of hydrogen-bond acceptors (Lipinski definition) is 3. The Balaban J connectivity index is 0.00000163. The first kappa shape index (κ1) is 23.4. The fraction of sp³-hybridized carbons (Fsp3) is 0.952. The van der Waals surface area contributed by atoms with Crippen molar-refractivity contribution in [3.05, 3.63) is 0 Å². The number of nitrogens with zero attached hydrogens (tertiary/aromatic N) is 1. The highest BCUT2D eigenvalue weighted by Gasteiger charge is 2.03. The molecule has 0 unspecified atom stereocenters. The van der Waals surface area contributed by atoms with E-state index in [-0.39, 0.29) is 0 Å². The fourth-order valence-corrected chi connectivity index (χ4v) is 3.10. The second-order valence-corrected chi connectivity index (χ2v) is 7.01. The number of nitrogens with two attached hydrogens (primary N) is 1. The van der Waals surface area contributed by atoms with Gasteiger partial charge in [-0.15, -0.1) is 0 Å². The van der Waals surface area contributed by atoms with Crippen molar-refractivity contribution in [3.8, 4) is 0 Å². The molecule has 0 bridgehead atoms. The van der Waals surface area contributed by atoms with Crippen molar-refractivity contribution in [1.82, 2.24) is 5.32 Å². The lowest BCUT2D eigenvalue weighted by atomic mass is 10.0. The average molecular weight is 340 g/mol. The summed E-state index contributed by atoms with van der Waals surface area (Å²) < 4.78 is 0. The van der Waals surface area contributed by atoms with Crippen LogP contribution >= 0.6 is 0 Å². The van der Waals surface area contributed by atoms with Gasteiger partial charge in [-0.05, 0) is 13.0 Å². The highest BCUT2D eigenvalue weighted by Crippen LogP contribution is 2.13. The van der Waals surface area contributed by atoms with Crippen molar-refractivity contribution in [1.29, 1.82) is 0 Å². The molecular weight excluding hydrogens is 294 g/mol. The number of aliphatic imine (C=N–C) groups is 1. The summed E-state index contributed by atoms with van der Waals surface area (Å²) >= 11 is 0. The molecule has 1 aliphatic heterocycles. The van der Waals surface area contributed by atoms with E-state index in [4.69, 9.17) is 5.73 Å². The third-order valence-electron chi connectivity index (χ3n) is 4.51. The molecule has 0 atom stereocenters. The van der Waals surface area contributed by atoms with Crippen LogP contribution in [-0.2, 0) is 0 Å². The molecule has 3 heteroatoms. The highest BCUT2D eigenvalue weighted by molar-refractivity contribution is 5.83. The third kappa shape index (κ3) is 17.8. The summed E-state index contributed by atoms with van der Waals surface area (Å²) in [6.07, 6.45) is 21.3. The molecule has 0 aromatic carbocycles. The van der Waals surface area contributed by atoms with Gasteiger partial charge >= 0.3 is 0 Å². The summed E-state index contributed by atoms with van der Waals surface area (Å²) in [6, 6.07) is 0. The van der Waals surface area contributed by atoms with Crippen LogP contribution in [-0.4, -0.2) is 25.5 Å². The van der Waals surface area contributed by atoms with Crippen LogP contribution in [0.3, 0.4) is 0 Å². The number of hydrogen-bond donors (Lipinski definition) is 2. The Bertz CT molecular complexity index is 264. The molecule has 0 amide bonds. The predicted octanol–water partition coefficient (Wildman–Crippen LogP) is 5.82. The Morgan fingerprint density at radius 3 is 1.54 bits per heavy atom. The Morgan fingerprint density at radius 2 is 1.17 bits per heavy atom. The largest absolute Gasteiger partial charge is 0.372 e. The summed E-state index contributed by atoms with van der Waals surface area (Å²) in [4.78, 5) is 4.44. The Hall–Kier alpha value is -0.570. The zero-order chi connectivity index (χ0) is 17.7. The molecule has 1 rings (SSSR count). The average Bonchev–Trinajstić information content (AvgIpc) is 3.09. The molecule has 0 fully saturated rings. The van der Waals surface area contributed by atoms with E-state index in [1.54, 1.807) is 0 Å². The van der Waals surface area contributed by atoms with Crippen molar-refractivity contribution < 1.29 is 0 Å². The van der Waals surface area contributed by atoms with E-state index >= 15 is 0 Å². The van der Waals surface area contributed by atoms with Crippen LogP contribution in [0.2, 0.25) is 0 Å². The molecule has 24 heavy (non-hydrogen) atoms. The molecule has 0 spiro atoms. The second kappa shape index (κ2) is 20.5. The van der Waals surface area contributed by atoms with E-state index in [2.05, 4.69) is 17.2 Å². The molecule has 0 radical (unpaired) electrons. The Morgan fingerprint density at radius 1 is 0.750 bits per heavy atom. The first-order valence-electron chi connectivity index (χ1n) is 10.8. The van der Waals surface area contributed by atoms with Gasteiger partial charge in [0.05, 0.1) is 12.4 Å². The van der Waals surface area contributed by atoms with Crippen molar-refractivity contribution in [2.45, 2.75) is 110 Å². The summed E-state index contributed by atoms with van der Waals surface area (Å²) in [7, 11) is 0. The minimum absolute atomic E-state index is 0.750. The van der Waals surface area contributed by atoms with Crippen LogP contribution in [0.4, 0.5) is 0 Å². The normalized spacial score (nSPS) is 13.2. The Labute approximate surface area is 152 Å². The molecular formula is C21H45N3. The van der Waals surface area contributed by atoms with Crippen LogP contribution in [0.1, 0.15) is 110 Å².